The van der Waals surface area contributed by atoms with Crippen molar-refractivity contribution in [1.82, 2.24) is 4.90 Å². The number of methoxy groups -OCH3 is 1. The van der Waals surface area contributed by atoms with Crippen LogP contribution in [0.2, 0.25) is 0 Å². The van der Waals surface area contributed by atoms with Crippen molar-refractivity contribution in [1.29, 1.82) is 0 Å². The fourth-order valence-corrected chi connectivity index (χ4v) is 2.60. The number of likely N-dealkylation sites (tertiary alicyclic amines) is 1. The first-order valence-electron chi connectivity index (χ1n) is 6.24. The minimum Gasteiger partial charge on any atom is -0.453 e. The van der Waals surface area contributed by atoms with Gasteiger partial charge in [0.15, 0.2) is 0 Å². The van der Waals surface area contributed by atoms with Crippen LogP contribution in [0, 0.1) is 12.7 Å². The molecule has 1 fully saturated rings. The third-order valence-electron chi connectivity index (χ3n) is 3.50. The molecule has 1 aliphatic rings. The van der Waals surface area contributed by atoms with E-state index < -0.39 is 0 Å². The van der Waals surface area contributed by atoms with Crippen molar-refractivity contribution in [3.05, 3.63) is 35.1 Å². The second-order valence-corrected chi connectivity index (χ2v) is 4.68. The number of carbonyl (C=O) groups is 1. The molecule has 1 aliphatic heterocycles. The Morgan fingerprint density at radius 3 is 2.89 bits per heavy atom. The van der Waals surface area contributed by atoms with E-state index in [1.165, 1.54) is 19.2 Å². The highest BCUT2D eigenvalue weighted by Gasteiger charge is 2.29. The van der Waals surface area contributed by atoms with Crippen LogP contribution in [-0.4, -0.2) is 24.6 Å². The molecule has 2 rings (SSSR count). The molecule has 1 saturated heterocycles. The molecule has 1 heterocycles. The van der Waals surface area contributed by atoms with Gasteiger partial charge in [-0.1, -0.05) is 6.07 Å². The number of halogens is 1. The van der Waals surface area contributed by atoms with Crippen molar-refractivity contribution >= 4 is 6.09 Å². The second kappa shape index (κ2) is 5.38. The number of rotatable bonds is 1. The van der Waals surface area contributed by atoms with E-state index in [-0.39, 0.29) is 18.0 Å². The molecule has 1 amide bonds. The first-order valence-corrected chi connectivity index (χ1v) is 6.24. The fourth-order valence-electron chi connectivity index (χ4n) is 2.60. The normalized spacial score (nSPS) is 19.7. The Kier molecular flexibility index (Phi) is 3.84. The van der Waals surface area contributed by atoms with Gasteiger partial charge in [-0.05, 0) is 49.4 Å². The Hall–Kier alpha value is -1.58. The molecule has 98 valence electrons. The third-order valence-corrected chi connectivity index (χ3v) is 3.50. The Morgan fingerprint density at radius 1 is 1.44 bits per heavy atom. The Morgan fingerprint density at radius 2 is 2.22 bits per heavy atom. The summed E-state index contributed by atoms with van der Waals surface area (Å²) < 4.78 is 17.9. The molecule has 1 aromatic carbocycles. The molecule has 1 atom stereocenters. The first-order chi connectivity index (χ1) is 8.63. The van der Waals surface area contributed by atoms with Gasteiger partial charge in [-0.2, -0.15) is 0 Å². The summed E-state index contributed by atoms with van der Waals surface area (Å²) >= 11 is 0. The van der Waals surface area contributed by atoms with Crippen molar-refractivity contribution in [3.8, 4) is 0 Å². The zero-order valence-corrected chi connectivity index (χ0v) is 10.8. The van der Waals surface area contributed by atoms with Gasteiger partial charge >= 0.3 is 6.09 Å². The highest BCUT2D eigenvalue weighted by Crippen LogP contribution is 2.33. The van der Waals surface area contributed by atoms with E-state index in [2.05, 4.69) is 0 Å². The van der Waals surface area contributed by atoms with Crippen LogP contribution in [0.5, 0.6) is 0 Å². The van der Waals surface area contributed by atoms with Crippen LogP contribution >= 0.6 is 0 Å². The van der Waals surface area contributed by atoms with Crippen molar-refractivity contribution < 1.29 is 13.9 Å². The van der Waals surface area contributed by atoms with Gasteiger partial charge < -0.3 is 9.64 Å². The predicted octanol–water partition coefficient (Wildman–Crippen LogP) is 3.43. The molecule has 0 N–H and O–H groups in total. The lowest BCUT2D eigenvalue weighted by Crippen LogP contribution is -2.38. The maximum Gasteiger partial charge on any atom is 0.409 e. The van der Waals surface area contributed by atoms with Gasteiger partial charge in [0.05, 0.1) is 13.2 Å². The van der Waals surface area contributed by atoms with Crippen LogP contribution in [0.25, 0.3) is 0 Å². The average Bonchev–Trinajstić information content (AvgIpc) is 2.38. The van der Waals surface area contributed by atoms with Crippen LogP contribution in [-0.2, 0) is 4.74 Å². The highest BCUT2D eigenvalue weighted by molar-refractivity contribution is 5.68. The zero-order valence-electron chi connectivity index (χ0n) is 10.8. The van der Waals surface area contributed by atoms with E-state index in [1.807, 2.05) is 6.92 Å². The Bertz CT molecular complexity index is 447. The molecule has 0 spiro atoms. The van der Waals surface area contributed by atoms with E-state index in [1.54, 1.807) is 11.0 Å². The van der Waals surface area contributed by atoms with E-state index >= 15 is 0 Å². The van der Waals surface area contributed by atoms with Gasteiger partial charge in [0.1, 0.15) is 5.82 Å². The average molecular weight is 251 g/mol. The fraction of sp³-hybridized carbons (Fsp3) is 0.500. The molecule has 0 radical (unpaired) electrons. The van der Waals surface area contributed by atoms with Gasteiger partial charge in [-0.25, -0.2) is 9.18 Å². The zero-order chi connectivity index (χ0) is 13.1. The van der Waals surface area contributed by atoms with Gasteiger partial charge in [-0.3, -0.25) is 0 Å². The lowest BCUT2D eigenvalue weighted by atomic mass is 9.92. The summed E-state index contributed by atoms with van der Waals surface area (Å²) in [6.45, 7) is 2.58. The third kappa shape index (κ3) is 2.47. The smallest absolute Gasteiger partial charge is 0.409 e. The standard InChI is InChI=1S/C14H18FNO2/c1-10-9-11(15)6-7-12(10)13-5-3-4-8-16(13)14(17)18-2/h6-7,9,13H,3-5,8H2,1-2H3. The highest BCUT2D eigenvalue weighted by atomic mass is 19.1. The molecular formula is C14H18FNO2. The lowest BCUT2D eigenvalue weighted by molar-refractivity contribution is 0.0893. The molecule has 0 aromatic heterocycles. The summed E-state index contributed by atoms with van der Waals surface area (Å²) in [5, 5.41) is 0. The number of nitrogens with zero attached hydrogens (tertiary/aromatic N) is 1. The molecule has 0 bridgehead atoms. The summed E-state index contributed by atoms with van der Waals surface area (Å²) in [6, 6.07) is 4.74. The molecule has 0 aliphatic carbocycles. The molecule has 3 nitrogen and oxygen atoms in total. The van der Waals surface area contributed by atoms with Gasteiger partial charge in [0.25, 0.3) is 0 Å². The van der Waals surface area contributed by atoms with Gasteiger partial charge in [0.2, 0.25) is 0 Å². The van der Waals surface area contributed by atoms with Crippen LogP contribution in [0.15, 0.2) is 18.2 Å². The lowest BCUT2D eigenvalue weighted by Gasteiger charge is -2.35. The van der Waals surface area contributed by atoms with Crippen LogP contribution in [0.4, 0.5) is 9.18 Å². The minimum atomic E-state index is -0.302. The quantitative estimate of drug-likeness (QED) is 0.765. The first kappa shape index (κ1) is 12.9. The van der Waals surface area contributed by atoms with Crippen LogP contribution in [0.1, 0.15) is 36.4 Å². The summed E-state index contributed by atoms with van der Waals surface area (Å²) in [5.41, 5.74) is 1.90. The largest absolute Gasteiger partial charge is 0.453 e. The Labute approximate surface area is 107 Å². The number of hydrogen-bond acceptors (Lipinski definition) is 2. The molecule has 1 aromatic rings. The van der Waals surface area contributed by atoms with Crippen molar-refractivity contribution in [3.63, 3.8) is 0 Å². The van der Waals surface area contributed by atoms with Gasteiger partial charge in [-0.15, -0.1) is 0 Å². The molecular weight excluding hydrogens is 233 g/mol. The van der Waals surface area contributed by atoms with Crippen molar-refractivity contribution in [2.24, 2.45) is 0 Å². The number of carbonyl (C=O) groups excluding carboxylic acids is 1. The topological polar surface area (TPSA) is 29.5 Å². The number of amides is 1. The van der Waals surface area contributed by atoms with Crippen molar-refractivity contribution in [2.45, 2.75) is 32.2 Å². The van der Waals surface area contributed by atoms with Crippen LogP contribution in [0.3, 0.4) is 0 Å². The maximum absolute atomic E-state index is 13.1. The summed E-state index contributed by atoms with van der Waals surface area (Å²) in [4.78, 5) is 13.5. The maximum atomic E-state index is 13.1. The van der Waals surface area contributed by atoms with E-state index in [0.29, 0.717) is 6.54 Å². The monoisotopic (exact) mass is 251 g/mol. The summed E-state index contributed by atoms with van der Waals surface area (Å²) in [7, 11) is 1.39. The number of ether oxygens (including phenoxy) is 1. The predicted molar refractivity (Wildman–Crippen MR) is 66.8 cm³/mol. The number of piperidine rings is 1. The van der Waals surface area contributed by atoms with E-state index in [4.69, 9.17) is 4.74 Å². The number of benzene rings is 1. The second-order valence-electron chi connectivity index (χ2n) is 4.68. The Balaban J connectivity index is 2.30. The molecule has 4 heteroatoms. The van der Waals surface area contributed by atoms with E-state index in [9.17, 15) is 9.18 Å². The van der Waals surface area contributed by atoms with Crippen molar-refractivity contribution in [2.75, 3.05) is 13.7 Å². The summed E-state index contributed by atoms with van der Waals surface area (Å²) in [5.74, 6) is -0.239. The van der Waals surface area contributed by atoms with Gasteiger partial charge in [0, 0.05) is 6.54 Å². The number of hydrogen-bond donors (Lipinski definition) is 0. The minimum absolute atomic E-state index is 0.00630. The molecule has 1 unspecified atom stereocenters. The number of aryl methyl sites for hydroxylation is 1. The van der Waals surface area contributed by atoms with E-state index in [0.717, 1.165) is 30.4 Å². The van der Waals surface area contributed by atoms with Crippen LogP contribution < -0.4 is 0 Å². The molecule has 0 saturated carbocycles. The molecule has 18 heavy (non-hydrogen) atoms. The SMILES string of the molecule is COC(=O)N1CCCCC1c1ccc(F)cc1C. The summed E-state index contributed by atoms with van der Waals surface area (Å²) in [6.07, 6.45) is 2.67.